The van der Waals surface area contributed by atoms with E-state index >= 15 is 0 Å². The van der Waals surface area contributed by atoms with Crippen molar-refractivity contribution in [1.82, 2.24) is 39.9 Å². The molecule has 8 rings (SSSR count). The van der Waals surface area contributed by atoms with E-state index in [1.54, 1.807) is 0 Å². The predicted molar refractivity (Wildman–Crippen MR) is 362 cm³/mol. The topological polar surface area (TPSA) is 850 Å². The fraction of sp³-hybridized carbons (Fsp3) is 0.444. The minimum Gasteiger partial charge on any atom is -2.00 e. The van der Waals surface area contributed by atoms with Crippen LogP contribution in [0.25, 0.3) is 45.6 Å². The zero-order chi connectivity index (χ0) is 59.9. The van der Waals surface area contributed by atoms with Gasteiger partial charge in [0, 0.05) is 218 Å². The van der Waals surface area contributed by atoms with E-state index in [0.717, 1.165) is 45.6 Å². The standard InChI is InChI=1S/4C18H24N2.8Mo.4H2O.22O/c4*1-17(2,3)13-7-9-19-15(11-13)16-12-14(8-10-20-16)18(4,5)6;;;;;;;;;;;;;;;;;;;;;;;;;;;;;;;;;;/h4*7-12H,1-6H3;;;;;;;;;4*1H2;;;;;;;;;;;;;;;;;;;;;;/q;;;;;;;;;;;;;;;;22*-2/p-4. The van der Waals surface area contributed by atoms with Gasteiger partial charge in [-0.15, -0.1) is 0 Å². The molecule has 0 aromatic carbocycles. The molecule has 114 heavy (non-hydrogen) atoms. The molecule has 8 aromatic rings. The SMILES string of the molecule is CC(C)(C)c1ccnc(-c2cc(C(C)(C)C)ccn2)c1.CC(C)(C)c1ccnc(-c2cc(C(C)(C)C)ccn2)c1.CC(C)(C)c1ccnc(-c2cc(C(C)(C)C)ccn2)c1.CC(C)(C)c1ccnc(-c2cc(C(C)(C)C)ccn2)c1.[Mo].[Mo].[Mo].[Mo].[Mo].[Mo].[Mo].[Mo].[O-2].[O-2].[O-2].[O-2].[O-2].[O-2].[O-2].[O-2].[O-2].[O-2].[O-2].[O-2].[O-2].[O-2].[O-2].[O-2].[O-2].[O-2].[O-2].[O-2].[O-2].[O-2].[OH-].[OH-].[OH-].[OH-]. The fourth-order valence-electron chi connectivity index (χ4n) is 8.30. The Labute approximate surface area is 789 Å². The molecule has 0 aliphatic rings. The van der Waals surface area contributed by atoms with Gasteiger partial charge in [-0.25, -0.2) is 0 Å². The monoisotopic (exact) mass is 2280 g/mol. The summed E-state index contributed by atoms with van der Waals surface area (Å²) in [4.78, 5) is 35.9. The van der Waals surface area contributed by atoms with E-state index < -0.39 is 0 Å². The van der Waals surface area contributed by atoms with Crippen LogP contribution >= 0.6 is 0 Å². The molecule has 0 atom stereocenters. The number of rotatable bonds is 4. The first-order valence-corrected chi connectivity index (χ1v) is 28.4. The van der Waals surface area contributed by atoms with Gasteiger partial charge >= 0.3 is 0 Å². The van der Waals surface area contributed by atoms with E-state index in [4.69, 9.17) is 0 Å². The third kappa shape index (κ3) is 64.5. The molecular weight excluding hydrogens is 2160 g/mol. The Morgan fingerprint density at radius 2 is 0.202 bits per heavy atom. The molecule has 0 aliphatic carbocycles. The zero-order valence-electron chi connectivity index (χ0n) is 67.5. The Bertz CT molecular complexity index is 2750. The van der Waals surface area contributed by atoms with Gasteiger partial charge in [0.25, 0.3) is 0 Å². The first-order chi connectivity index (χ1) is 36.7. The molecule has 0 spiro atoms. The van der Waals surface area contributed by atoms with Crippen molar-refractivity contribution in [3.05, 3.63) is 191 Å². The molecule has 8 aromatic heterocycles. The van der Waals surface area contributed by atoms with E-state index in [1.165, 1.54) is 44.5 Å². The summed E-state index contributed by atoms with van der Waals surface area (Å²) in [6.45, 7) is 53.1. The van der Waals surface area contributed by atoms with E-state index in [0.29, 0.717) is 0 Å². The molecule has 0 fully saturated rings. The number of hydrogen-bond acceptors (Lipinski definition) is 12. The Balaban J connectivity index is -0.0000000268. The zero-order valence-corrected chi connectivity index (χ0v) is 83.5. The summed E-state index contributed by atoms with van der Waals surface area (Å²) >= 11 is 0. The molecule has 42 heteroatoms. The van der Waals surface area contributed by atoms with Gasteiger partial charge in [-0.05, 0) is 185 Å². The van der Waals surface area contributed by atoms with Crippen LogP contribution in [0.3, 0.4) is 0 Å². The average Bonchev–Trinajstić information content (AvgIpc) is 3.37. The van der Waals surface area contributed by atoms with Crippen LogP contribution < -0.4 is 0 Å². The molecule has 0 amide bonds. The van der Waals surface area contributed by atoms with Crippen LogP contribution in [0.1, 0.15) is 211 Å². The van der Waals surface area contributed by atoms with Gasteiger partial charge in [-0.1, -0.05) is 166 Å². The second kappa shape index (κ2) is 84.3. The Hall–Kier alpha value is -2.33. The number of pyridine rings is 8. The molecule has 0 unspecified atom stereocenters. The van der Waals surface area contributed by atoms with Crippen molar-refractivity contribution < 1.29 is 311 Å². The van der Waals surface area contributed by atoms with Gasteiger partial charge in [0.05, 0.1) is 45.6 Å². The van der Waals surface area contributed by atoms with Crippen molar-refractivity contribution in [2.45, 2.75) is 209 Å². The molecule has 0 saturated heterocycles. The molecular formula is C72H100Mo8N8O26-48. The normalized spacial score (nSPS) is 8.77. The third-order valence-electron chi connectivity index (χ3n) is 14.1. The minimum absolute atomic E-state index is 0. The quantitative estimate of drug-likeness (QED) is 0.148. The molecule has 0 aliphatic heterocycles. The summed E-state index contributed by atoms with van der Waals surface area (Å²) < 4.78 is 0. The van der Waals surface area contributed by atoms with E-state index in [1.807, 2.05) is 49.6 Å². The molecule has 680 valence electrons. The molecule has 8 heterocycles. The smallest absolute Gasteiger partial charge is 0.0889 e. The Morgan fingerprint density at radius 1 is 0.140 bits per heavy atom. The van der Waals surface area contributed by atoms with E-state index in [2.05, 4.69) is 303 Å². The van der Waals surface area contributed by atoms with Crippen molar-refractivity contribution in [3.63, 3.8) is 0 Å². The van der Waals surface area contributed by atoms with Crippen molar-refractivity contribution in [2.75, 3.05) is 0 Å². The molecule has 0 bridgehead atoms. The van der Waals surface area contributed by atoms with Crippen molar-refractivity contribution in [3.8, 4) is 45.6 Å². The van der Waals surface area contributed by atoms with Gasteiger partial charge in [0.1, 0.15) is 0 Å². The molecule has 0 saturated carbocycles. The summed E-state index contributed by atoms with van der Waals surface area (Å²) in [7, 11) is 0. The minimum atomic E-state index is 0. The van der Waals surface area contributed by atoms with Gasteiger partial charge in [-0.3, -0.25) is 39.9 Å². The number of hydrogen-bond donors (Lipinski definition) is 0. The average molecular weight is 2260 g/mol. The molecule has 4 N–H and O–H groups in total. The van der Waals surface area contributed by atoms with Crippen LogP contribution in [-0.2, 0) is 332 Å². The first-order valence-electron chi connectivity index (χ1n) is 28.4. The van der Waals surface area contributed by atoms with Crippen LogP contribution in [0.15, 0.2) is 147 Å². The van der Waals surface area contributed by atoms with Crippen LogP contribution in [0.5, 0.6) is 0 Å². The summed E-state index contributed by atoms with van der Waals surface area (Å²) in [5.74, 6) is 0. The van der Waals surface area contributed by atoms with Gasteiger partial charge < -0.3 is 142 Å². The summed E-state index contributed by atoms with van der Waals surface area (Å²) in [6.07, 6.45) is 15.0. The number of aromatic nitrogens is 8. The molecule has 34 nitrogen and oxygen atoms in total. The second-order valence-electron chi connectivity index (χ2n) is 29.4. The maximum atomic E-state index is 4.48. The third-order valence-corrected chi connectivity index (χ3v) is 14.1. The fourth-order valence-corrected chi connectivity index (χ4v) is 8.30. The van der Waals surface area contributed by atoms with Crippen molar-refractivity contribution in [1.29, 1.82) is 0 Å². The maximum Gasteiger partial charge on any atom is 0.0889 e. The van der Waals surface area contributed by atoms with Crippen molar-refractivity contribution >= 4 is 0 Å². The first kappa shape index (κ1) is 205. The Morgan fingerprint density at radius 3 is 0.254 bits per heavy atom. The molecule has 0 radical (unpaired) electrons. The van der Waals surface area contributed by atoms with Crippen LogP contribution in [-0.4, -0.2) is 61.8 Å². The van der Waals surface area contributed by atoms with Gasteiger partial charge in [0.15, 0.2) is 0 Å². The van der Waals surface area contributed by atoms with Gasteiger partial charge in [-0.2, -0.15) is 0 Å². The van der Waals surface area contributed by atoms with Crippen LogP contribution in [0.2, 0.25) is 0 Å². The van der Waals surface area contributed by atoms with Crippen LogP contribution in [0.4, 0.5) is 0 Å². The summed E-state index contributed by atoms with van der Waals surface area (Å²) in [6, 6.07) is 33.8. The largest absolute Gasteiger partial charge is 2.00 e. The second-order valence-corrected chi connectivity index (χ2v) is 29.4. The summed E-state index contributed by atoms with van der Waals surface area (Å²) in [5.41, 5.74) is 18.8. The summed E-state index contributed by atoms with van der Waals surface area (Å²) in [5, 5.41) is 0. The number of nitrogens with zero attached hydrogens (tertiary/aromatic N) is 8. The van der Waals surface area contributed by atoms with E-state index in [-0.39, 0.29) is 354 Å². The van der Waals surface area contributed by atoms with Crippen LogP contribution in [0, 0.1) is 0 Å². The Kier molecular flexibility index (Phi) is 152. The van der Waals surface area contributed by atoms with E-state index in [9.17, 15) is 0 Å². The van der Waals surface area contributed by atoms with Gasteiger partial charge in [0.2, 0.25) is 0 Å². The van der Waals surface area contributed by atoms with Crippen molar-refractivity contribution in [2.24, 2.45) is 0 Å². The maximum absolute atomic E-state index is 4.48. The predicted octanol–water partition coefficient (Wildman–Crippen LogP) is 15.6.